The summed E-state index contributed by atoms with van der Waals surface area (Å²) in [5, 5.41) is 4.65. The van der Waals surface area contributed by atoms with Crippen molar-refractivity contribution in [2.45, 2.75) is 20.8 Å². The lowest BCUT2D eigenvalue weighted by atomic mass is 10.0. The second-order valence-electron chi connectivity index (χ2n) is 6.27. The highest BCUT2D eigenvalue weighted by Gasteiger charge is 2.13. The second-order valence-corrected chi connectivity index (χ2v) is 6.27. The number of ether oxygens (including phenoxy) is 2. The Kier molecular flexibility index (Phi) is 3.53. The molecule has 0 spiro atoms. The maximum atomic E-state index is 5.67. The van der Waals surface area contributed by atoms with Crippen LogP contribution in [0.5, 0.6) is 11.5 Å². The number of anilines is 2. The van der Waals surface area contributed by atoms with Gasteiger partial charge in [0, 0.05) is 28.5 Å². The summed E-state index contributed by atoms with van der Waals surface area (Å²) in [6, 6.07) is 12.4. The number of fused-ring (bicyclic) bond motifs is 2. The summed E-state index contributed by atoms with van der Waals surface area (Å²) in [5.41, 5.74) is 6.50. The van der Waals surface area contributed by atoms with Crippen molar-refractivity contribution in [3.8, 4) is 11.5 Å². The van der Waals surface area contributed by atoms with Crippen LogP contribution in [-0.2, 0) is 0 Å². The molecule has 1 aliphatic rings. The Morgan fingerprint density at radius 2 is 1.71 bits per heavy atom. The van der Waals surface area contributed by atoms with Crippen LogP contribution in [0.4, 0.5) is 11.4 Å². The van der Waals surface area contributed by atoms with Crippen molar-refractivity contribution in [2.24, 2.45) is 0 Å². The number of nitrogens with one attached hydrogen (secondary N) is 1. The number of nitrogens with zero attached hydrogens (tertiary/aromatic N) is 1. The molecule has 0 saturated heterocycles. The SMILES string of the molecule is Cc1cc(C)c2nc(C)cc(Nc3ccc4c(c3)OCCO4)c2c1. The van der Waals surface area contributed by atoms with E-state index in [1.807, 2.05) is 25.1 Å². The molecule has 4 nitrogen and oxygen atoms in total. The van der Waals surface area contributed by atoms with Crippen molar-refractivity contribution in [1.29, 1.82) is 0 Å². The quantitative estimate of drug-likeness (QED) is 0.745. The van der Waals surface area contributed by atoms with E-state index in [1.54, 1.807) is 0 Å². The zero-order valence-electron chi connectivity index (χ0n) is 14.1. The van der Waals surface area contributed by atoms with Crippen LogP contribution in [0.25, 0.3) is 10.9 Å². The Morgan fingerprint density at radius 3 is 2.54 bits per heavy atom. The molecular formula is C20H20N2O2. The Labute approximate surface area is 141 Å². The molecule has 0 aliphatic carbocycles. The van der Waals surface area contributed by atoms with Gasteiger partial charge < -0.3 is 14.8 Å². The molecule has 1 aliphatic heterocycles. The predicted molar refractivity (Wildman–Crippen MR) is 96.7 cm³/mol. The monoisotopic (exact) mass is 320 g/mol. The minimum absolute atomic E-state index is 0.589. The molecule has 4 rings (SSSR count). The molecule has 2 aromatic carbocycles. The largest absolute Gasteiger partial charge is 0.486 e. The molecule has 0 saturated carbocycles. The molecule has 24 heavy (non-hydrogen) atoms. The Hall–Kier alpha value is -2.75. The van der Waals surface area contributed by atoms with Gasteiger partial charge in [-0.3, -0.25) is 4.98 Å². The Morgan fingerprint density at radius 1 is 0.917 bits per heavy atom. The van der Waals surface area contributed by atoms with E-state index in [1.165, 1.54) is 11.1 Å². The summed E-state index contributed by atoms with van der Waals surface area (Å²) < 4.78 is 11.3. The number of aromatic nitrogens is 1. The van der Waals surface area contributed by atoms with E-state index >= 15 is 0 Å². The minimum Gasteiger partial charge on any atom is -0.486 e. The molecule has 0 radical (unpaired) electrons. The number of pyridine rings is 1. The van der Waals surface area contributed by atoms with Gasteiger partial charge in [-0.25, -0.2) is 0 Å². The smallest absolute Gasteiger partial charge is 0.163 e. The van der Waals surface area contributed by atoms with Gasteiger partial charge in [-0.2, -0.15) is 0 Å². The Balaban J connectivity index is 1.79. The fraction of sp³-hybridized carbons (Fsp3) is 0.250. The average Bonchev–Trinajstić information content (AvgIpc) is 2.56. The summed E-state index contributed by atoms with van der Waals surface area (Å²) in [5.74, 6) is 1.59. The van der Waals surface area contributed by atoms with E-state index in [9.17, 15) is 0 Å². The third-order valence-electron chi connectivity index (χ3n) is 4.20. The van der Waals surface area contributed by atoms with E-state index in [4.69, 9.17) is 14.5 Å². The Bertz CT molecular complexity index is 935. The fourth-order valence-electron chi connectivity index (χ4n) is 3.19. The zero-order valence-corrected chi connectivity index (χ0v) is 14.1. The van der Waals surface area contributed by atoms with E-state index < -0.39 is 0 Å². The van der Waals surface area contributed by atoms with Crippen molar-refractivity contribution < 1.29 is 9.47 Å². The molecule has 0 unspecified atom stereocenters. The van der Waals surface area contributed by atoms with Crippen LogP contribution in [0.15, 0.2) is 36.4 Å². The van der Waals surface area contributed by atoms with E-state index in [-0.39, 0.29) is 0 Å². The molecule has 0 amide bonds. The molecule has 0 atom stereocenters. The van der Waals surface area contributed by atoms with Crippen LogP contribution in [0.3, 0.4) is 0 Å². The summed E-state index contributed by atoms with van der Waals surface area (Å²) in [6.07, 6.45) is 0. The average molecular weight is 320 g/mol. The lowest BCUT2D eigenvalue weighted by molar-refractivity contribution is 0.171. The van der Waals surface area contributed by atoms with Crippen LogP contribution in [-0.4, -0.2) is 18.2 Å². The predicted octanol–water partition coefficient (Wildman–Crippen LogP) is 4.67. The summed E-state index contributed by atoms with van der Waals surface area (Å²) in [7, 11) is 0. The number of hydrogen-bond donors (Lipinski definition) is 1. The van der Waals surface area contributed by atoms with Gasteiger partial charge in [0.2, 0.25) is 0 Å². The van der Waals surface area contributed by atoms with Gasteiger partial charge in [0.15, 0.2) is 11.5 Å². The minimum atomic E-state index is 0.589. The zero-order chi connectivity index (χ0) is 16.7. The lowest BCUT2D eigenvalue weighted by Crippen LogP contribution is -2.15. The first-order valence-electron chi connectivity index (χ1n) is 8.15. The van der Waals surface area contributed by atoms with Crippen molar-refractivity contribution >= 4 is 22.3 Å². The van der Waals surface area contributed by atoms with Crippen LogP contribution >= 0.6 is 0 Å². The van der Waals surface area contributed by atoms with Crippen LogP contribution in [0, 0.1) is 20.8 Å². The summed E-state index contributed by atoms with van der Waals surface area (Å²) >= 11 is 0. The second kappa shape index (κ2) is 5.71. The normalized spacial score (nSPS) is 13.1. The summed E-state index contributed by atoms with van der Waals surface area (Å²) in [4.78, 5) is 4.70. The highest BCUT2D eigenvalue weighted by molar-refractivity contribution is 5.95. The molecule has 4 heteroatoms. The highest BCUT2D eigenvalue weighted by Crippen LogP contribution is 2.35. The van der Waals surface area contributed by atoms with Gasteiger partial charge in [0.25, 0.3) is 0 Å². The highest BCUT2D eigenvalue weighted by atomic mass is 16.6. The number of aryl methyl sites for hydroxylation is 3. The van der Waals surface area contributed by atoms with Gasteiger partial charge in [0.1, 0.15) is 13.2 Å². The van der Waals surface area contributed by atoms with E-state index in [0.29, 0.717) is 13.2 Å². The molecule has 0 bridgehead atoms. The van der Waals surface area contributed by atoms with Gasteiger partial charge in [-0.1, -0.05) is 11.6 Å². The summed E-state index contributed by atoms with van der Waals surface area (Å²) in [6.45, 7) is 7.43. The van der Waals surface area contributed by atoms with Crippen LogP contribution < -0.4 is 14.8 Å². The van der Waals surface area contributed by atoms with Gasteiger partial charge >= 0.3 is 0 Å². The first-order chi connectivity index (χ1) is 11.6. The molecule has 122 valence electrons. The molecule has 2 heterocycles. The van der Waals surface area contributed by atoms with Crippen molar-refractivity contribution in [3.63, 3.8) is 0 Å². The van der Waals surface area contributed by atoms with Crippen molar-refractivity contribution in [1.82, 2.24) is 4.98 Å². The van der Waals surface area contributed by atoms with E-state index in [0.717, 1.165) is 39.5 Å². The maximum Gasteiger partial charge on any atom is 0.163 e. The molecule has 3 aromatic rings. The van der Waals surface area contributed by atoms with Crippen LogP contribution in [0.2, 0.25) is 0 Å². The van der Waals surface area contributed by atoms with Crippen LogP contribution in [0.1, 0.15) is 16.8 Å². The number of hydrogen-bond acceptors (Lipinski definition) is 4. The first-order valence-corrected chi connectivity index (χ1v) is 8.15. The lowest BCUT2D eigenvalue weighted by Gasteiger charge is -2.19. The van der Waals surface area contributed by atoms with Gasteiger partial charge in [0.05, 0.1) is 5.52 Å². The standard InChI is InChI=1S/C20H20N2O2/c1-12-8-13(2)20-16(9-12)17(10-14(3)21-20)22-15-4-5-18-19(11-15)24-7-6-23-18/h4-5,8-11H,6-7H2,1-3H3,(H,21,22). The molecule has 1 aromatic heterocycles. The number of benzene rings is 2. The molecular weight excluding hydrogens is 300 g/mol. The fourth-order valence-corrected chi connectivity index (χ4v) is 3.19. The topological polar surface area (TPSA) is 43.4 Å². The van der Waals surface area contributed by atoms with Crippen molar-refractivity contribution in [2.75, 3.05) is 18.5 Å². The third kappa shape index (κ3) is 2.64. The molecule has 1 N–H and O–H groups in total. The molecule has 0 fully saturated rings. The maximum absolute atomic E-state index is 5.67. The third-order valence-corrected chi connectivity index (χ3v) is 4.20. The van der Waals surface area contributed by atoms with Crippen molar-refractivity contribution in [3.05, 3.63) is 53.2 Å². The van der Waals surface area contributed by atoms with Gasteiger partial charge in [-0.15, -0.1) is 0 Å². The van der Waals surface area contributed by atoms with Gasteiger partial charge in [-0.05, 0) is 50.6 Å². The van der Waals surface area contributed by atoms with E-state index in [2.05, 4.69) is 37.4 Å². The number of rotatable bonds is 2. The first kappa shape index (κ1) is 14.8.